The number of hydrazone groups is 1. The second-order valence-corrected chi connectivity index (χ2v) is 4.85. The lowest BCUT2D eigenvalue weighted by molar-refractivity contribution is 0.355. The molecule has 0 aromatic heterocycles. The van der Waals surface area contributed by atoms with E-state index in [1.165, 1.54) is 12.1 Å². The van der Waals surface area contributed by atoms with E-state index in [0.29, 0.717) is 22.3 Å². The molecule has 0 radical (unpaired) electrons. The van der Waals surface area contributed by atoms with E-state index >= 15 is 0 Å². The minimum Gasteiger partial charge on any atom is -0.493 e. The van der Waals surface area contributed by atoms with E-state index in [-0.39, 0.29) is 5.82 Å². The number of anilines is 1. The summed E-state index contributed by atoms with van der Waals surface area (Å²) in [6, 6.07) is 11.3. The van der Waals surface area contributed by atoms with Crippen molar-refractivity contribution in [3.8, 4) is 11.5 Å². The lowest BCUT2D eigenvalue weighted by Gasteiger charge is -2.08. The van der Waals surface area contributed by atoms with Crippen LogP contribution in [-0.4, -0.2) is 25.5 Å². The smallest absolute Gasteiger partial charge is 0.191 e. The fourth-order valence-electron chi connectivity index (χ4n) is 1.79. The van der Waals surface area contributed by atoms with Gasteiger partial charge in [-0.25, -0.2) is 4.39 Å². The Balaban J connectivity index is 1.93. The van der Waals surface area contributed by atoms with E-state index < -0.39 is 0 Å². The summed E-state index contributed by atoms with van der Waals surface area (Å²) in [6.07, 6.45) is 1.60. The molecule has 23 heavy (non-hydrogen) atoms. The van der Waals surface area contributed by atoms with Gasteiger partial charge in [0.05, 0.1) is 20.4 Å². The van der Waals surface area contributed by atoms with Gasteiger partial charge >= 0.3 is 0 Å². The van der Waals surface area contributed by atoms with Crippen molar-refractivity contribution >= 4 is 29.2 Å². The minimum atomic E-state index is -0.305. The van der Waals surface area contributed by atoms with Gasteiger partial charge in [0.15, 0.2) is 16.6 Å². The zero-order valence-electron chi connectivity index (χ0n) is 12.7. The number of methoxy groups -OCH3 is 2. The van der Waals surface area contributed by atoms with Crippen molar-refractivity contribution in [2.45, 2.75) is 0 Å². The number of nitrogens with zero attached hydrogens (tertiary/aromatic N) is 1. The van der Waals surface area contributed by atoms with E-state index in [4.69, 9.17) is 21.7 Å². The molecule has 0 saturated carbocycles. The van der Waals surface area contributed by atoms with Crippen molar-refractivity contribution in [1.82, 2.24) is 5.43 Å². The number of rotatable bonds is 5. The first-order chi connectivity index (χ1) is 11.1. The maximum Gasteiger partial charge on any atom is 0.191 e. The standard InChI is InChI=1S/C16H16FN3O2S/c1-21-14-8-3-11(9-15(14)22-2)10-18-20-16(23)19-13-6-4-12(17)5-7-13/h3-10H,1-2H3,(H2,19,20,23). The summed E-state index contributed by atoms with van der Waals surface area (Å²) in [4.78, 5) is 0. The molecular weight excluding hydrogens is 317 g/mol. The largest absolute Gasteiger partial charge is 0.493 e. The first-order valence-electron chi connectivity index (χ1n) is 6.70. The second kappa shape index (κ2) is 8.09. The Morgan fingerprint density at radius 2 is 1.78 bits per heavy atom. The third-order valence-electron chi connectivity index (χ3n) is 2.89. The monoisotopic (exact) mass is 333 g/mol. The van der Waals surface area contributed by atoms with Gasteiger partial charge in [0, 0.05) is 5.69 Å². The van der Waals surface area contributed by atoms with E-state index in [9.17, 15) is 4.39 Å². The highest BCUT2D eigenvalue weighted by Gasteiger charge is 2.03. The van der Waals surface area contributed by atoms with Crippen LogP contribution in [0.4, 0.5) is 10.1 Å². The van der Waals surface area contributed by atoms with Crippen molar-refractivity contribution in [1.29, 1.82) is 0 Å². The Bertz CT molecular complexity index is 705. The Kier molecular flexibility index (Phi) is 5.87. The highest BCUT2D eigenvalue weighted by atomic mass is 32.1. The number of hydrogen-bond donors (Lipinski definition) is 2. The van der Waals surface area contributed by atoms with E-state index in [1.54, 1.807) is 44.7 Å². The third-order valence-corrected chi connectivity index (χ3v) is 3.08. The second-order valence-electron chi connectivity index (χ2n) is 4.45. The van der Waals surface area contributed by atoms with Gasteiger partial charge in [0.2, 0.25) is 0 Å². The minimum absolute atomic E-state index is 0.299. The maximum atomic E-state index is 12.8. The SMILES string of the molecule is COc1ccc(C=NNC(=S)Nc2ccc(F)cc2)cc1OC. The summed E-state index contributed by atoms with van der Waals surface area (Å²) in [5.41, 5.74) is 4.17. The summed E-state index contributed by atoms with van der Waals surface area (Å²) in [5.74, 6) is 0.954. The summed E-state index contributed by atoms with van der Waals surface area (Å²) in [5, 5.41) is 7.23. The van der Waals surface area contributed by atoms with Crippen LogP contribution in [0.5, 0.6) is 11.5 Å². The van der Waals surface area contributed by atoms with Gasteiger partial charge in [-0.2, -0.15) is 5.10 Å². The topological polar surface area (TPSA) is 54.9 Å². The highest BCUT2D eigenvalue weighted by Crippen LogP contribution is 2.26. The molecule has 120 valence electrons. The number of ether oxygens (including phenoxy) is 2. The number of nitrogens with one attached hydrogen (secondary N) is 2. The van der Waals surface area contributed by atoms with Crippen LogP contribution < -0.4 is 20.2 Å². The Morgan fingerprint density at radius 1 is 1.09 bits per heavy atom. The highest BCUT2D eigenvalue weighted by molar-refractivity contribution is 7.80. The molecule has 0 aliphatic carbocycles. The third kappa shape index (κ3) is 4.93. The van der Waals surface area contributed by atoms with Crippen LogP contribution >= 0.6 is 12.2 Å². The first kappa shape index (κ1) is 16.7. The van der Waals surface area contributed by atoms with Crippen LogP contribution in [0.25, 0.3) is 0 Å². The zero-order valence-corrected chi connectivity index (χ0v) is 13.5. The summed E-state index contributed by atoms with van der Waals surface area (Å²) in [7, 11) is 3.14. The van der Waals surface area contributed by atoms with Crippen LogP contribution in [0.15, 0.2) is 47.6 Å². The predicted octanol–water partition coefficient (Wildman–Crippen LogP) is 3.16. The molecule has 7 heteroatoms. The fourth-order valence-corrected chi connectivity index (χ4v) is 1.96. The molecule has 2 aromatic carbocycles. The molecule has 0 bridgehead atoms. The lowest BCUT2D eigenvalue weighted by Crippen LogP contribution is -2.23. The molecule has 0 saturated heterocycles. The summed E-state index contributed by atoms with van der Waals surface area (Å²) in [6.45, 7) is 0. The van der Waals surface area contributed by atoms with Crippen LogP contribution in [0, 0.1) is 5.82 Å². The Morgan fingerprint density at radius 3 is 2.43 bits per heavy atom. The van der Waals surface area contributed by atoms with E-state index in [0.717, 1.165) is 5.56 Å². The first-order valence-corrected chi connectivity index (χ1v) is 7.11. The molecule has 0 aliphatic rings. The lowest BCUT2D eigenvalue weighted by atomic mass is 10.2. The number of halogens is 1. The number of hydrogen-bond acceptors (Lipinski definition) is 4. The quantitative estimate of drug-likeness (QED) is 0.500. The molecule has 0 heterocycles. The molecule has 0 fully saturated rings. The molecule has 0 atom stereocenters. The van der Waals surface area contributed by atoms with Gasteiger partial charge in [0.1, 0.15) is 5.82 Å². The molecule has 0 aliphatic heterocycles. The van der Waals surface area contributed by atoms with Crippen LogP contribution in [0.2, 0.25) is 0 Å². The molecule has 2 N–H and O–H groups in total. The van der Waals surface area contributed by atoms with Gasteiger partial charge in [-0.3, -0.25) is 5.43 Å². The van der Waals surface area contributed by atoms with Gasteiger partial charge in [-0.15, -0.1) is 0 Å². The molecule has 0 amide bonds. The summed E-state index contributed by atoms with van der Waals surface area (Å²) >= 11 is 5.10. The van der Waals surface area contributed by atoms with Crippen LogP contribution in [0.3, 0.4) is 0 Å². The predicted molar refractivity (Wildman–Crippen MR) is 92.9 cm³/mol. The average Bonchev–Trinajstić information content (AvgIpc) is 2.56. The van der Waals surface area contributed by atoms with Gasteiger partial charge in [-0.05, 0) is 60.2 Å². The van der Waals surface area contributed by atoms with Gasteiger partial charge in [-0.1, -0.05) is 0 Å². The fraction of sp³-hybridized carbons (Fsp3) is 0.125. The summed E-state index contributed by atoms with van der Waals surface area (Å²) < 4.78 is 23.2. The van der Waals surface area contributed by atoms with Crippen molar-refractivity contribution in [3.63, 3.8) is 0 Å². The number of benzene rings is 2. The molecule has 0 unspecified atom stereocenters. The van der Waals surface area contributed by atoms with Crippen molar-refractivity contribution in [3.05, 3.63) is 53.8 Å². The normalized spacial score (nSPS) is 10.4. The molecular formula is C16H16FN3O2S. The Hall–Kier alpha value is -2.67. The van der Waals surface area contributed by atoms with Crippen LogP contribution in [0.1, 0.15) is 5.56 Å². The van der Waals surface area contributed by atoms with Gasteiger partial charge in [0.25, 0.3) is 0 Å². The molecule has 2 rings (SSSR count). The molecule has 2 aromatic rings. The Labute approximate surface area is 139 Å². The molecule has 0 spiro atoms. The van der Waals surface area contributed by atoms with Crippen molar-refractivity contribution in [2.24, 2.45) is 5.10 Å². The van der Waals surface area contributed by atoms with Crippen molar-refractivity contribution < 1.29 is 13.9 Å². The molecule has 5 nitrogen and oxygen atoms in total. The van der Waals surface area contributed by atoms with E-state index in [1.807, 2.05) is 6.07 Å². The van der Waals surface area contributed by atoms with Gasteiger partial charge < -0.3 is 14.8 Å². The van der Waals surface area contributed by atoms with E-state index in [2.05, 4.69) is 15.8 Å². The maximum absolute atomic E-state index is 12.8. The number of thiocarbonyl (C=S) groups is 1. The van der Waals surface area contributed by atoms with Crippen molar-refractivity contribution in [2.75, 3.05) is 19.5 Å². The zero-order chi connectivity index (χ0) is 16.7. The van der Waals surface area contributed by atoms with Crippen LogP contribution in [-0.2, 0) is 0 Å². The average molecular weight is 333 g/mol.